The molecule has 9 heteroatoms. The molecule has 2 aromatic rings. The van der Waals surface area contributed by atoms with Crippen LogP contribution in [0.1, 0.15) is 84.3 Å². The van der Waals surface area contributed by atoms with Crippen molar-refractivity contribution in [3.63, 3.8) is 0 Å². The fraction of sp³-hybridized carbons (Fsp3) is 0.529. The van der Waals surface area contributed by atoms with Gasteiger partial charge < -0.3 is 20.3 Å². The number of aryl methyl sites for hydroxylation is 1. The smallest absolute Gasteiger partial charge is 0.309 e. The molecule has 1 aliphatic rings. The number of carbonyl (C=O) groups excluding carboxylic acids is 3. The Labute approximate surface area is 259 Å². The molecule has 0 saturated carbocycles. The second-order valence-corrected chi connectivity index (χ2v) is 13.5. The number of Topliss-reactive ketones (excluding diaryl/α,β-unsaturated/α-hetero) is 1. The van der Waals surface area contributed by atoms with E-state index in [0.29, 0.717) is 29.8 Å². The number of nitrogens with one attached hydrogen (secondary N) is 1. The van der Waals surface area contributed by atoms with Crippen LogP contribution in [0.25, 0.3) is 6.08 Å². The van der Waals surface area contributed by atoms with Gasteiger partial charge in [0.25, 0.3) is 5.91 Å². The Morgan fingerprint density at radius 1 is 1.14 bits per heavy atom. The number of para-hydroxylation sites is 1. The third kappa shape index (κ3) is 8.49. The van der Waals surface area contributed by atoms with E-state index < -0.39 is 47.4 Å². The normalized spacial score (nSPS) is 29.3. The van der Waals surface area contributed by atoms with Crippen molar-refractivity contribution in [2.45, 2.75) is 98.4 Å². The topological polar surface area (TPSA) is 126 Å². The molecule has 43 heavy (non-hydrogen) atoms. The Bertz CT molecular complexity index is 1350. The van der Waals surface area contributed by atoms with E-state index in [-0.39, 0.29) is 18.1 Å². The number of cyclic esters (lactones) is 1. The van der Waals surface area contributed by atoms with E-state index >= 15 is 0 Å². The van der Waals surface area contributed by atoms with Crippen molar-refractivity contribution in [1.82, 2.24) is 4.98 Å². The summed E-state index contributed by atoms with van der Waals surface area (Å²) in [5.74, 6) is -2.56. The summed E-state index contributed by atoms with van der Waals surface area (Å²) < 4.78 is 6.12. The maximum absolute atomic E-state index is 14.2. The van der Waals surface area contributed by atoms with Crippen molar-refractivity contribution in [2.75, 3.05) is 5.32 Å². The van der Waals surface area contributed by atoms with Crippen molar-refractivity contribution in [2.24, 2.45) is 17.3 Å². The number of allylic oxidation sites excluding steroid dienone is 1. The Morgan fingerprint density at radius 2 is 1.81 bits per heavy atom. The van der Waals surface area contributed by atoms with Crippen LogP contribution < -0.4 is 5.32 Å². The number of rotatable bonds is 4. The third-order valence-corrected chi connectivity index (χ3v) is 9.42. The molecule has 1 amide bonds. The van der Waals surface area contributed by atoms with Crippen LogP contribution in [-0.2, 0) is 19.1 Å². The number of benzene rings is 1. The van der Waals surface area contributed by atoms with E-state index in [9.17, 15) is 24.6 Å². The molecule has 1 aromatic carbocycles. The summed E-state index contributed by atoms with van der Waals surface area (Å²) in [6.45, 7) is 12.3. The molecule has 0 unspecified atom stereocenters. The van der Waals surface area contributed by atoms with Crippen LogP contribution in [0.3, 0.4) is 0 Å². The van der Waals surface area contributed by atoms with Crippen molar-refractivity contribution >= 4 is 40.8 Å². The Morgan fingerprint density at radius 3 is 2.44 bits per heavy atom. The van der Waals surface area contributed by atoms with Gasteiger partial charge in [0.05, 0.1) is 34.7 Å². The number of carbonyl (C=O) groups is 3. The molecule has 1 aromatic heterocycles. The fourth-order valence-electron chi connectivity index (χ4n) is 5.48. The summed E-state index contributed by atoms with van der Waals surface area (Å²) in [6, 6.07) is 8.94. The summed E-state index contributed by atoms with van der Waals surface area (Å²) in [7, 11) is 0. The number of aliphatic hydroxyl groups excluding tert-OH is 2. The van der Waals surface area contributed by atoms with E-state index in [0.717, 1.165) is 17.0 Å². The van der Waals surface area contributed by atoms with Crippen LogP contribution >= 0.6 is 11.3 Å². The molecule has 0 bridgehead atoms. The summed E-state index contributed by atoms with van der Waals surface area (Å²) in [4.78, 5) is 45.8. The second kappa shape index (κ2) is 14.6. The summed E-state index contributed by atoms with van der Waals surface area (Å²) in [5.41, 5.74) is -0.437. The number of amides is 1. The maximum Gasteiger partial charge on any atom is 0.309 e. The van der Waals surface area contributed by atoms with E-state index in [1.807, 2.05) is 38.3 Å². The van der Waals surface area contributed by atoms with Gasteiger partial charge in [-0.1, -0.05) is 57.5 Å². The Balaban J connectivity index is 2.12. The number of thiazole rings is 1. The van der Waals surface area contributed by atoms with E-state index in [1.54, 1.807) is 58.0 Å². The van der Waals surface area contributed by atoms with Gasteiger partial charge in [0, 0.05) is 23.4 Å². The average Bonchev–Trinajstić information content (AvgIpc) is 3.37. The fourth-order valence-corrected chi connectivity index (χ4v) is 6.05. The average molecular weight is 611 g/mol. The Kier molecular flexibility index (Phi) is 11.6. The van der Waals surface area contributed by atoms with E-state index in [2.05, 4.69) is 10.3 Å². The first-order chi connectivity index (χ1) is 20.2. The number of hydrogen-bond acceptors (Lipinski definition) is 8. The summed E-state index contributed by atoms with van der Waals surface area (Å²) in [6.07, 6.45) is 3.11. The lowest BCUT2D eigenvalue weighted by Crippen LogP contribution is -2.49. The van der Waals surface area contributed by atoms with Gasteiger partial charge in [0.2, 0.25) is 5.60 Å². The SMILES string of the molecule is C/C1=C/C[C@@](C(=O)Nc2ccccc2)(/C(C)=C/c2csc(C)n2)OC(=O)C[C@H](O)C(C)(C)C(=O)[C@H](C)[C@@H](O)[C@@H](C)CCC1. The molecule has 3 N–H and O–H groups in total. The maximum atomic E-state index is 14.2. The van der Waals surface area contributed by atoms with Gasteiger partial charge in [-0.05, 0) is 69.7 Å². The van der Waals surface area contributed by atoms with Crippen LogP contribution in [0, 0.1) is 24.2 Å². The number of aromatic nitrogens is 1. The zero-order chi connectivity index (χ0) is 31.9. The first-order valence-electron chi connectivity index (χ1n) is 14.9. The minimum atomic E-state index is -1.76. The molecule has 5 atom stereocenters. The highest BCUT2D eigenvalue weighted by atomic mass is 32.1. The highest BCUT2D eigenvalue weighted by Crippen LogP contribution is 2.35. The Hall–Kier alpha value is -3.14. The molecule has 3 rings (SSSR count). The standard InChI is InChI=1S/C34H46N2O6S/c1-21-12-11-13-22(2)30(39)24(4)31(40)33(6,7)28(37)19-29(38)42-34(17-16-21,23(3)18-27-20-43-25(5)35-27)32(41)36-26-14-9-8-10-15-26/h8-10,14-16,18,20,22,24,28,30,37,39H,11-13,17,19H2,1-7H3,(H,36,41)/b21-16-,23-18+/t22-,24+,28-,30-,34-/m0/s1. The zero-order valence-electron chi connectivity index (χ0n) is 26.3. The molecule has 0 saturated heterocycles. The molecule has 234 valence electrons. The minimum Gasteiger partial charge on any atom is -0.444 e. The lowest BCUT2D eigenvalue weighted by molar-refractivity contribution is -0.166. The van der Waals surface area contributed by atoms with Crippen molar-refractivity contribution in [3.8, 4) is 0 Å². The number of anilines is 1. The molecule has 2 heterocycles. The van der Waals surface area contributed by atoms with Gasteiger partial charge in [-0.2, -0.15) is 0 Å². The van der Waals surface area contributed by atoms with E-state index in [1.165, 1.54) is 11.3 Å². The predicted octanol–water partition coefficient (Wildman–Crippen LogP) is 6.28. The van der Waals surface area contributed by atoms with Gasteiger partial charge in [-0.3, -0.25) is 14.4 Å². The molecule has 0 fully saturated rings. The summed E-state index contributed by atoms with van der Waals surface area (Å²) >= 11 is 1.47. The summed E-state index contributed by atoms with van der Waals surface area (Å²) in [5, 5.41) is 27.8. The van der Waals surface area contributed by atoms with Crippen LogP contribution in [0.15, 0.2) is 52.9 Å². The molecular formula is C34H46N2O6S. The number of esters is 1. The molecule has 1 aliphatic heterocycles. The quantitative estimate of drug-likeness (QED) is 0.275. The number of ether oxygens (including phenoxy) is 1. The number of nitrogens with zero attached hydrogens (tertiary/aromatic N) is 1. The molecule has 0 radical (unpaired) electrons. The number of ketones is 1. The second-order valence-electron chi connectivity index (χ2n) is 12.4. The highest BCUT2D eigenvalue weighted by molar-refractivity contribution is 7.09. The largest absolute Gasteiger partial charge is 0.444 e. The van der Waals surface area contributed by atoms with Crippen LogP contribution in [0.2, 0.25) is 0 Å². The van der Waals surface area contributed by atoms with Crippen LogP contribution in [0.4, 0.5) is 5.69 Å². The molecule has 8 nitrogen and oxygen atoms in total. The minimum absolute atomic E-state index is 0.0579. The monoisotopic (exact) mass is 610 g/mol. The third-order valence-electron chi connectivity index (χ3n) is 8.63. The zero-order valence-corrected chi connectivity index (χ0v) is 27.2. The van der Waals surface area contributed by atoms with Crippen molar-refractivity contribution < 1.29 is 29.3 Å². The van der Waals surface area contributed by atoms with Crippen LogP contribution in [0.5, 0.6) is 0 Å². The predicted molar refractivity (Wildman–Crippen MR) is 170 cm³/mol. The first kappa shape index (κ1) is 34.4. The lowest BCUT2D eigenvalue weighted by Gasteiger charge is -2.36. The highest BCUT2D eigenvalue weighted by Gasteiger charge is 2.46. The first-order valence-corrected chi connectivity index (χ1v) is 15.8. The van der Waals surface area contributed by atoms with Gasteiger partial charge >= 0.3 is 5.97 Å². The molecule has 0 aliphatic carbocycles. The van der Waals surface area contributed by atoms with Crippen LogP contribution in [-0.4, -0.2) is 50.7 Å². The number of hydrogen-bond donors (Lipinski definition) is 3. The molecular weight excluding hydrogens is 564 g/mol. The van der Waals surface area contributed by atoms with Crippen molar-refractivity contribution in [1.29, 1.82) is 0 Å². The molecule has 0 spiro atoms. The van der Waals surface area contributed by atoms with Gasteiger partial charge in [0.15, 0.2) is 0 Å². The van der Waals surface area contributed by atoms with Gasteiger partial charge in [-0.25, -0.2) is 4.98 Å². The number of aliphatic hydroxyl groups is 2. The lowest BCUT2D eigenvalue weighted by atomic mass is 9.73. The van der Waals surface area contributed by atoms with Gasteiger partial charge in [-0.15, -0.1) is 11.3 Å². The van der Waals surface area contributed by atoms with E-state index in [4.69, 9.17) is 4.74 Å². The van der Waals surface area contributed by atoms with Crippen molar-refractivity contribution in [3.05, 3.63) is 63.6 Å². The van der Waals surface area contributed by atoms with Gasteiger partial charge in [0.1, 0.15) is 5.78 Å².